The van der Waals surface area contributed by atoms with E-state index in [1.54, 1.807) is 11.3 Å². The summed E-state index contributed by atoms with van der Waals surface area (Å²) >= 11 is 1.75. The molecule has 0 saturated heterocycles. The van der Waals surface area contributed by atoms with Gasteiger partial charge in [-0.3, -0.25) is 9.48 Å². The molecule has 1 atom stereocenters. The molecule has 3 heterocycles. The van der Waals surface area contributed by atoms with Crippen molar-refractivity contribution in [2.24, 2.45) is 0 Å². The van der Waals surface area contributed by atoms with Crippen LogP contribution in [0, 0.1) is 0 Å². The molecule has 2 aliphatic rings. The van der Waals surface area contributed by atoms with Crippen LogP contribution in [-0.4, -0.2) is 39.2 Å². The fraction of sp³-hybridized carbons (Fsp3) is 0.611. The maximum Gasteiger partial charge on any atom is 0.272 e. The lowest BCUT2D eigenvalue weighted by Crippen LogP contribution is -2.27. The lowest BCUT2D eigenvalue weighted by Gasteiger charge is -2.11. The van der Waals surface area contributed by atoms with Crippen molar-refractivity contribution < 1.29 is 4.79 Å². The number of nitrogens with zero attached hydrogens (tertiary/aromatic N) is 4. The van der Waals surface area contributed by atoms with Gasteiger partial charge in [0.05, 0.1) is 17.4 Å². The second-order valence-electron chi connectivity index (χ2n) is 7.16. The van der Waals surface area contributed by atoms with Crippen molar-refractivity contribution in [2.45, 2.75) is 58.2 Å². The Bertz CT molecular complexity index is 757. The highest BCUT2D eigenvalue weighted by Gasteiger charge is 2.22. The molecule has 1 aliphatic heterocycles. The predicted molar refractivity (Wildman–Crippen MR) is 97.8 cm³/mol. The third kappa shape index (κ3) is 3.48. The van der Waals surface area contributed by atoms with Crippen LogP contribution in [-0.2, 0) is 25.9 Å². The molecule has 0 unspecified atom stereocenters. The van der Waals surface area contributed by atoms with E-state index in [1.165, 1.54) is 23.4 Å². The number of fused-ring (bicyclic) bond motifs is 2. The lowest BCUT2D eigenvalue weighted by atomic mass is 10.0. The van der Waals surface area contributed by atoms with Crippen LogP contribution >= 0.6 is 11.3 Å². The highest BCUT2D eigenvalue weighted by molar-refractivity contribution is 7.11. The van der Waals surface area contributed by atoms with Gasteiger partial charge in [0.2, 0.25) is 0 Å². The van der Waals surface area contributed by atoms with E-state index in [9.17, 15) is 4.79 Å². The third-order valence-electron chi connectivity index (χ3n) is 5.02. The molecule has 0 spiro atoms. The van der Waals surface area contributed by atoms with Gasteiger partial charge in [0, 0.05) is 24.5 Å². The maximum atomic E-state index is 12.6. The van der Waals surface area contributed by atoms with Gasteiger partial charge < -0.3 is 10.2 Å². The zero-order chi connectivity index (χ0) is 17.4. The Balaban J connectivity index is 1.46. The number of rotatable bonds is 3. The van der Waals surface area contributed by atoms with E-state index in [1.807, 2.05) is 17.7 Å². The van der Waals surface area contributed by atoms with E-state index in [0.717, 1.165) is 49.6 Å². The van der Waals surface area contributed by atoms with Crippen LogP contribution < -0.4 is 5.32 Å². The second kappa shape index (κ2) is 6.88. The van der Waals surface area contributed by atoms with Crippen LogP contribution in [0.25, 0.3) is 0 Å². The molecule has 2 aromatic heterocycles. The minimum atomic E-state index is -0.108. The van der Waals surface area contributed by atoms with E-state index in [4.69, 9.17) is 4.98 Å². The number of aryl methyl sites for hydroxylation is 3. The molecule has 6 nitrogen and oxygen atoms in total. The molecule has 0 bridgehead atoms. The van der Waals surface area contributed by atoms with Crippen LogP contribution in [0.5, 0.6) is 0 Å². The first-order chi connectivity index (χ1) is 12.1. The Hall–Kier alpha value is -1.73. The van der Waals surface area contributed by atoms with Crippen LogP contribution in [0.3, 0.4) is 0 Å². The van der Waals surface area contributed by atoms with Crippen LogP contribution in [0.2, 0.25) is 0 Å². The summed E-state index contributed by atoms with van der Waals surface area (Å²) < 4.78 is 1.98. The summed E-state index contributed by atoms with van der Waals surface area (Å²) in [5, 5.41) is 8.61. The van der Waals surface area contributed by atoms with Gasteiger partial charge in [0.25, 0.3) is 5.91 Å². The minimum Gasteiger partial charge on any atom is -0.342 e. The number of aromatic nitrogens is 3. The normalized spacial score (nSPS) is 19.0. The molecule has 0 aromatic carbocycles. The zero-order valence-corrected chi connectivity index (χ0v) is 15.7. The van der Waals surface area contributed by atoms with E-state index >= 15 is 0 Å². The molecule has 2 aromatic rings. The number of carbonyl (C=O) groups is 1. The van der Waals surface area contributed by atoms with Gasteiger partial charge in [-0.15, -0.1) is 11.3 Å². The van der Waals surface area contributed by atoms with E-state index in [-0.39, 0.29) is 11.9 Å². The predicted octanol–water partition coefficient (Wildman–Crippen LogP) is 2.54. The highest BCUT2D eigenvalue weighted by Crippen LogP contribution is 2.29. The molecular formula is C18H25N5OS. The summed E-state index contributed by atoms with van der Waals surface area (Å²) in [6.07, 6.45) is 5.76. The summed E-state index contributed by atoms with van der Waals surface area (Å²) in [6.45, 7) is 4.80. The number of thiazole rings is 1. The standard InChI is InChI=1S/C18H25N5OS/c1-12(18-20-14-6-3-4-7-16(14)25-18)19-17(24)15-10-13-11-22(2)8-5-9-23(13)21-15/h10,12H,3-9,11H2,1-2H3,(H,19,24)/t12-/m0/s1. The Labute approximate surface area is 152 Å². The first kappa shape index (κ1) is 16.7. The van der Waals surface area contributed by atoms with Crippen molar-refractivity contribution in [3.63, 3.8) is 0 Å². The zero-order valence-electron chi connectivity index (χ0n) is 14.9. The summed E-state index contributed by atoms with van der Waals surface area (Å²) in [4.78, 5) is 21.1. The number of hydrogen-bond donors (Lipinski definition) is 1. The number of nitrogens with one attached hydrogen (secondary N) is 1. The molecular weight excluding hydrogens is 334 g/mol. The van der Waals surface area contributed by atoms with Crippen LogP contribution in [0.15, 0.2) is 6.07 Å². The molecule has 0 radical (unpaired) electrons. The van der Waals surface area contributed by atoms with Crippen LogP contribution in [0.1, 0.15) is 64.0 Å². The SMILES string of the molecule is C[C@H](NC(=O)c1cc2n(n1)CCCN(C)C2)c1nc2c(s1)CCCC2. The molecule has 4 rings (SSSR count). The van der Waals surface area contributed by atoms with Crippen LogP contribution in [0.4, 0.5) is 0 Å². The van der Waals surface area contributed by atoms with Gasteiger partial charge in [-0.25, -0.2) is 4.98 Å². The van der Waals surface area contributed by atoms with E-state index < -0.39 is 0 Å². The average molecular weight is 359 g/mol. The number of hydrogen-bond acceptors (Lipinski definition) is 5. The maximum absolute atomic E-state index is 12.6. The van der Waals surface area contributed by atoms with Gasteiger partial charge in [-0.1, -0.05) is 0 Å². The molecule has 1 N–H and O–H groups in total. The van der Waals surface area contributed by atoms with Gasteiger partial charge in [-0.05, 0) is 52.1 Å². The molecule has 134 valence electrons. The molecule has 7 heteroatoms. The fourth-order valence-corrected chi connectivity index (χ4v) is 4.78. The molecule has 25 heavy (non-hydrogen) atoms. The van der Waals surface area contributed by atoms with Crippen molar-refractivity contribution in [3.8, 4) is 0 Å². The Morgan fingerprint density at radius 1 is 1.28 bits per heavy atom. The molecule has 0 saturated carbocycles. The highest BCUT2D eigenvalue weighted by atomic mass is 32.1. The Morgan fingerprint density at radius 2 is 2.12 bits per heavy atom. The molecule has 1 amide bonds. The largest absolute Gasteiger partial charge is 0.342 e. The average Bonchev–Trinajstić information content (AvgIpc) is 3.15. The van der Waals surface area contributed by atoms with Gasteiger partial charge in [0.15, 0.2) is 5.69 Å². The summed E-state index contributed by atoms with van der Waals surface area (Å²) in [6, 6.07) is 1.85. The molecule has 0 fully saturated rings. The van der Waals surface area contributed by atoms with Crippen molar-refractivity contribution in [2.75, 3.05) is 13.6 Å². The lowest BCUT2D eigenvalue weighted by molar-refractivity contribution is 0.0934. The summed E-state index contributed by atoms with van der Waals surface area (Å²) in [7, 11) is 2.11. The Morgan fingerprint density at radius 3 is 2.96 bits per heavy atom. The van der Waals surface area contributed by atoms with Crippen molar-refractivity contribution >= 4 is 17.2 Å². The minimum absolute atomic E-state index is 0.0766. The monoisotopic (exact) mass is 359 g/mol. The quantitative estimate of drug-likeness (QED) is 0.915. The van der Waals surface area contributed by atoms with E-state index in [2.05, 4.69) is 22.4 Å². The van der Waals surface area contributed by atoms with Crippen molar-refractivity contribution in [1.29, 1.82) is 0 Å². The second-order valence-corrected chi connectivity index (χ2v) is 8.27. The fourth-order valence-electron chi connectivity index (χ4n) is 3.62. The first-order valence-electron chi connectivity index (χ1n) is 9.15. The summed E-state index contributed by atoms with van der Waals surface area (Å²) in [5.74, 6) is -0.108. The Kier molecular flexibility index (Phi) is 4.60. The molecule has 1 aliphatic carbocycles. The topological polar surface area (TPSA) is 63.1 Å². The van der Waals surface area contributed by atoms with Crippen molar-refractivity contribution in [1.82, 2.24) is 25.0 Å². The first-order valence-corrected chi connectivity index (χ1v) is 9.96. The number of carbonyl (C=O) groups excluding carboxylic acids is 1. The van der Waals surface area contributed by atoms with Crippen molar-refractivity contribution in [3.05, 3.63) is 33.0 Å². The summed E-state index contributed by atoms with van der Waals surface area (Å²) in [5.41, 5.74) is 2.87. The van der Waals surface area contributed by atoms with E-state index in [0.29, 0.717) is 5.69 Å². The third-order valence-corrected chi connectivity index (χ3v) is 6.36. The van der Waals surface area contributed by atoms with Gasteiger partial charge >= 0.3 is 0 Å². The van der Waals surface area contributed by atoms with Gasteiger partial charge in [-0.2, -0.15) is 5.10 Å². The van der Waals surface area contributed by atoms with Gasteiger partial charge in [0.1, 0.15) is 5.01 Å². The smallest absolute Gasteiger partial charge is 0.272 e. The number of amides is 1.